The molecule has 1 aliphatic heterocycles. The van der Waals surface area contributed by atoms with Gasteiger partial charge in [-0.15, -0.1) is 0 Å². The topological polar surface area (TPSA) is 42.2 Å². The van der Waals surface area contributed by atoms with Crippen molar-refractivity contribution < 1.29 is 13.2 Å². The van der Waals surface area contributed by atoms with Crippen LogP contribution in [0.25, 0.3) is 5.65 Å². The molecule has 1 N–H and O–H groups in total. The number of aromatic nitrogens is 3. The number of nitrogens with zero attached hydrogens (tertiary/aromatic N) is 3. The Morgan fingerprint density at radius 3 is 2.71 bits per heavy atom. The lowest BCUT2D eigenvalue weighted by atomic mass is 9.57. The van der Waals surface area contributed by atoms with Gasteiger partial charge in [-0.1, -0.05) is 0 Å². The van der Waals surface area contributed by atoms with E-state index >= 15 is 0 Å². The Morgan fingerprint density at radius 1 is 1.33 bits per heavy atom. The Bertz CT molecular complexity index is 679. The van der Waals surface area contributed by atoms with E-state index in [1.165, 1.54) is 17.4 Å². The van der Waals surface area contributed by atoms with Crippen LogP contribution in [0, 0.1) is 11.3 Å². The minimum Gasteiger partial charge on any atom is -0.316 e. The summed E-state index contributed by atoms with van der Waals surface area (Å²) in [5, 5.41) is 6.87. The molecule has 0 radical (unpaired) electrons. The second-order valence-electron chi connectivity index (χ2n) is 6.37. The van der Waals surface area contributed by atoms with Crippen LogP contribution in [0.2, 0.25) is 0 Å². The average molecular weight is 296 g/mol. The Labute approximate surface area is 119 Å². The lowest BCUT2D eigenvalue weighted by Gasteiger charge is -2.54. The first kappa shape index (κ1) is 13.1. The van der Waals surface area contributed by atoms with Crippen LogP contribution in [0.4, 0.5) is 13.2 Å². The van der Waals surface area contributed by atoms with Crippen LogP contribution in [-0.2, 0) is 12.6 Å². The van der Waals surface area contributed by atoms with Crippen molar-refractivity contribution in [2.24, 2.45) is 11.3 Å². The van der Waals surface area contributed by atoms with Gasteiger partial charge < -0.3 is 5.32 Å². The SMILES string of the molecule is FC(F)(F)c1cc2ncc(CC3CC4(CNC4)C3)cn2n1. The fourth-order valence-corrected chi connectivity index (χ4v) is 3.57. The van der Waals surface area contributed by atoms with Gasteiger partial charge >= 0.3 is 6.18 Å². The molecule has 7 heteroatoms. The van der Waals surface area contributed by atoms with Crippen molar-refractivity contribution in [3.63, 3.8) is 0 Å². The second-order valence-corrected chi connectivity index (χ2v) is 6.37. The van der Waals surface area contributed by atoms with Crippen molar-refractivity contribution in [2.45, 2.75) is 25.4 Å². The lowest BCUT2D eigenvalue weighted by Crippen LogP contribution is -2.60. The van der Waals surface area contributed by atoms with Gasteiger partial charge in [-0.3, -0.25) is 0 Å². The van der Waals surface area contributed by atoms with Gasteiger partial charge in [-0.2, -0.15) is 18.3 Å². The monoisotopic (exact) mass is 296 g/mol. The molecule has 2 aromatic heterocycles. The van der Waals surface area contributed by atoms with Crippen molar-refractivity contribution in [1.29, 1.82) is 0 Å². The van der Waals surface area contributed by atoms with E-state index in [1.807, 2.05) is 0 Å². The molecular weight excluding hydrogens is 281 g/mol. The minimum atomic E-state index is -4.43. The first-order valence-corrected chi connectivity index (χ1v) is 7.06. The third kappa shape index (κ3) is 2.19. The molecule has 3 heterocycles. The third-order valence-corrected chi connectivity index (χ3v) is 4.62. The lowest BCUT2D eigenvalue weighted by molar-refractivity contribution is -0.141. The van der Waals surface area contributed by atoms with Gasteiger partial charge in [-0.05, 0) is 36.2 Å². The molecular formula is C14H15F3N4. The van der Waals surface area contributed by atoms with E-state index in [2.05, 4.69) is 15.4 Å². The molecule has 0 atom stereocenters. The van der Waals surface area contributed by atoms with Crippen molar-refractivity contribution in [1.82, 2.24) is 19.9 Å². The van der Waals surface area contributed by atoms with E-state index in [4.69, 9.17) is 0 Å². The zero-order valence-corrected chi connectivity index (χ0v) is 11.3. The van der Waals surface area contributed by atoms with Crippen LogP contribution >= 0.6 is 0 Å². The average Bonchev–Trinajstić information content (AvgIpc) is 2.73. The molecule has 2 fully saturated rings. The summed E-state index contributed by atoms with van der Waals surface area (Å²) in [7, 11) is 0. The predicted octanol–water partition coefficient (Wildman–Crippen LogP) is 2.29. The normalized spacial score (nSPS) is 21.5. The summed E-state index contributed by atoms with van der Waals surface area (Å²) in [6.45, 7) is 2.21. The van der Waals surface area contributed by atoms with Crippen LogP contribution < -0.4 is 5.32 Å². The van der Waals surface area contributed by atoms with Crippen LogP contribution in [-0.4, -0.2) is 27.7 Å². The summed E-state index contributed by atoms with van der Waals surface area (Å²) in [5.41, 5.74) is 0.804. The maximum atomic E-state index is 12.6. The Hall–Kier alpha value is -1.63. The summed E-state index contributed by atoms with van der Waals surface area (Å²) in [4.78, 5) is 4.09. The number of rotatable bonds is 2. The molecule has 21 heavy (non-hydrogen) atoms. The standard InChI is InChI=1S/C14H15F3N4/c15-14(16,17)11-2-12-19-5-10(6-21(12)20-11)1-9-3-13(4-9)7-18-8-13/h2,5-6,9,18H,1,3-4,7-8H2. The van der Waals surface area contributed by atoms with Crippen molar-refractivity contribution >= 4 is 5.65 Å². The fourth-order valence-electron chi connectivity index (χ4n) is 3.57. The van der Waals surface area contributed by atoms with Gasteiger partial charge in [0.25, 0.3) is 0 Å². The molecule has 112 valence electrons. The minimum absolute atomic E-state index is 0.236. The molecule has 2 aromatic rings. The predicted molar refractivity (Wildman–Crippen MR) is 69.7 cm³/mol. The first-order valence-electron chi connectivity index (χ1n) is 7.06. The number of halogens is 3. The van der Waals surface area contributed by atoms with Gasteiger partial charge in [0, 0.05) is 31.5 Å². The van der Waals surface area contributed by atoms with Gasteiger partial charge in [0.1, 0.15) is 0 Å². The molecule has 1 saturated heterocycles. The van der Waals surface area contributed by atoms with E-state index < -0.39 is 11.9 Å². The van der Waals surface area contributed by atoms with Gasteiger partial charge in [-0.25, -0.2) is 9.50 Å². The number of hydrogen-bond acceptors (Lipinski definition) is 3. The molecule has 4 rings (SSSR count). The van der Waals surface area contributed by atoms with Gasteiger partial charge in [0.15, 0.2) is 11.3 Å². The Balaban J connectivity index is 1.51. The molecule has 1 saturated carbocycles. The Morgan fingerprint density at radius 2 is 2.10 bits per heavy atom. The summed E-state index contributed by atoms with van der Waals surface area (Å²) >= 11 is 0. The summed E-state index contributed by atoms with van der Waals surface area (Å²) in [5.74, 6) is 0.615. The van der Waals surface area contributed by atoms with Crippen LogP contribution in [0.1, 0.15) is 24.1 Å². The molecule has 0 amide bonds. The van der Waals surface area contributed by atoms with E-state index in [0.29, 0.717) is 11.3 Å². The molecule has 2 aliphatic rings. The highest BCUT2D eigenvalue weighted by Gasteiger charge is 2.47. The highest BCUT2D eigenvalue weighted by atomic mass is 19.4. The third-order valence-electron chi connectivity index (χ3n) is 4.62. The van der Waals surface area contributed by atoms with Crippen molar-refractivity contribution in [3.05, 3.63) is 29.7 Å². The quantitative estimate of drug-likeness (QED) is 0.924. The highest BCUT2D eigenvalue weighted by molar-refractivity contribution is 5.40. The van der Waals surface area contributed by atoms with E-state index in [-0.39, 0.29) is 5.65 Å². The summed E-state index contributed by atoms with van der Waals surface area (Å²) in [6.07, 6.45) is 2.18. The molecule has 0 aromatic carbocycles. The van der Waals surface area contributed by atoms with E-state index in [0.717, 1.165) is 31.1 Å². The number of alkyl halides is 3. The molecule has 4 nitrogen and oxygen atoms in total. The zero-order valence-electron chi connectivity index (χ0n) is 11.3. The number of nitrogens with one attached hydrogen (secondary N) is 1. The second kappa shape index (κ2) is 4.19. The molecule has 1 aliphatic carbocycles. The zero-order chi connectivity index (χ0) is 14.7. The molecule has 0 unspecified atom stereocenters. The fraction of sp³-hybridized carbons (Fsp3) is 0.571. The maximum absolute atomic E-state index is 12.6. The van der Waals surface area contributed by atoms with Crippen LogP contribution in [0.5, 0.6) is 0 Å². The number of hydrogen-bond donors (Lipinski definition) is 1. The first-order chi connectivity index (χ1) is 9.94. The van der Waals surface area contributed by atoms with Crippen LogP contribution in [0.15, 0.2) is 18.5 Å². The van der Waals surface area contributed by atoms with Crippen molar-refractivity contribution in [3.8, 4) is 0 Å². The smallest absolute Gasteiger partial charge is 0.316 e. The molecule has 0 bridgehead atoms. The summed E-state index contributed by atoms with van der Waals surface area (Å²) < 4.78 is 39.1. The van der Waals surface area contributed by atoms with E-state index in [1.54, 1.807) is 12.4 Å². The van der Waals surface area contributed by atoms with Gasteiger partial charge in [0.2, 0.25) is 0 Å². The maximum Gasteiger partial charge on any atom is 0.435 e. The van der Waals surface area contributed by atoms with Crippen LogP contribution in [0.3, 0.4) is 0 Å². The van der Waals surface area contributed by atoms with Crippen molar-refractivity contribution in [2.75, 3.05) is 13.1 Å². The Kier molecular flexibility index (Phi) is 2.61. The molecule has 1 spiro atoms. The van der Waals surface area contributed by atoms with E-state index in [9.17, 15) is 13.2 Å². The number of fused-ring (bicyclic) bond motifs is 1. The largest absolute Gasteiger partial charge is 0.435 e. The highest BCUT2D eigenvalue weighted by Crippen LogP contribution is 2.49. The van der Waals surface area contributed by atoms with Gasteiger partial charge in [0.05, 0.1) is 0 Å². The summed E-state index contributed by atoms with van der Waals surface area (Å²) in [6, 6.07) is 0.974.